The summed E-state index contributed by atoms with van der Waals surface area (Å²) in [5, 5.41) is 9.13. The molecule has 24 heavy (non-hydrogen) atoms. The number of likely N-dealkylation sites (tertiary alicyclic amines) is 2. The van der Waals surface area contributed by atoms with Gasteiger partial charge in [-0.3, -0.25) is 14.5 Å². The predicted molar refractivity (Wildman–Crippen MR) is 86.8 cm³/mol. The molecule has 3 heterocycles. The molecule has 0 bridgehead atoms. The maximum atomic E-state index is 12.8. The Balaban J connectivity index is 1.67. The lowest BCUT2D eigenvalue weighted by molar-refractivity contribution is -0.146. The second-order valence-corrected chi connectivity index (χ2v) is 6.64. The molecule has 0 aromatic carbocycles. The van der Waals surface area contributed by atoms with E-state index >= 15 is 0 Å². The topological polar surface area (TPSA) is 83.2 Å². The number of hydrogen-bond donors (Lipinski definition) is 1. The summed E-state index contributed by atoms with van der Waals surface area (Å²) in [6.45, 7) is 3.12. The van der Waals surface area contributed by atoms with Gasteiger partial charge in [-0.25, -0.2) is 0 Å². The number of nitrogens with zero attached hydrogens (tertiary/aromatic N) is 2. The number of methoxy groups -OCH3 is 1. The monoisotopic (exact) mass is 336 g/mol. The minimum absolute atomic E-state index is 0.00252. The lowest BCUT2D eigenvalue weighted by atomic mass is 9.78. The molecule has 2 aliphatic heterocycles. The van der Waals surface area contributed by atoms with Gasteiger partial charge >= 0.3 is 0 Å². The van der Waals surface area contributed by atoms with E-state index in [1.165, 1.54) is 19.4 Å². The summed E-state index contributed by atoms with van der Waals surface area (Å²) < 4.78 is 10.4. The number of β-amino-alcohol motifs (C(OH)–C–C–N with tert-alkyl or cyclic N) is 1. The molecule has 2 fully saturated rings. The Morgan fingerprint density at radius 1 is 1.33 bits per heavy atom. The van der Waals surface area contributed by atoms with E-state index in [9.17, 15) is 9.59 Å². The van der Waals surface area contributed by atoms with Gasteiger partial charge in [-0.15, -0.1) is 0 Å². The Morgan fingerprint density at radius 3 is 2.88 bits per heavy atom. The SMILES string of the molecule is COc1coc(CN2CC[C@@]3(CCCN(CCO)C3=O)C2)cc1=O. The number of aliphatic hydroxyl groups is 1. The molecule has 1 aromatic rings. The first-order valence-corrected chi connectivity index (χ1v) is 8.36. The van der Waals surface area contributed by atoms with Crippen LogP contribution in [0.1, 0.15) is 25.0 Å². The van der Waals surface area contributed by atoms with Crippen LogP contribution >= 0.6 is 0 Å². The first kappa shape index (κ1) is 17.0. The standard InChI is InChI=1S/C17H24N2O5/c1-23-15-11-24-13(9-14(15)21)10-18-6-4-17(12-18)3-2-5-19(7-8-20)16(17)22/h9,11,20H,2-8,10,12H2,1H3/t17-/m0/s1. The van der Waals surface area contributed by atoms with Gasteiger partial charge in [-0.05, 0) is 25.8 Å². The molecule has 0 saturated carbocycles. The zero-order valence-corrected chi connectivity index (χ0v) is 14.0. The fourth-order valence-electron chi connectivity index (χ4n) is 3.85. The minimum Gasteiger partial charge on any atom is -0.490 e. The van der Waals surface area contributed by atoms with E-state index in [2.05, 4.69) is 4.90 Å². The van der Waals surface area contributed by atoms with Gasteiger partial charge in [0, 0.05) is 25.7 Å². The minimum atomic E-state index is -0.347. The molecule has 3 rings (SSSR count). The van der Waals surface area contributed by atoms with Crippen molar-refractivity contribution in [3.05, 3.63) is 28.3 Å². The van der Waals surface area contributed by atoms with Crippen molar-refractivity contribution in [3.63, 3.8) is 0 Å². The molecule has 0 radical (unpaired) electrons. The molecular formula is C17H24N2O5. The Bertz CT molecular complexity index is 657. The average molecular weight is 336 g/mol. The Morgan fingerprint density at radius 2 is 2.17 bits per heavy atom. The van der Waals surface area contributed by atoms with Crippen molar-refractivity contribution in [3.8, 4) is 5.75 Å². The quantitative estimate of drug-likeness (QED) is 0.841. The smallest absolute Gasteiger partial charge is 0.230 e. The van der Waals surface area contributed by atoms with Crippen LogP contribution in [0.5, 0.6) is 5.75 Å². The first-order chi connectivity index (χ1) is 11.6. The maximum Gasteiger partial charge on any atom is 0.230 e. The van der Waals surface area contributed by atoms with Crippen LogP contribution in [0.4, 0.5) is 0 Å². The predicted octanol–water partition coefficient (Wildman–Crippen LogP) is 0.455. The highest BCUT2D eigenvalue weighted by molar-refractivity contribution is 5.84. The van der Waals surface area contributed by atoms with E-state index in [0.29, 0.717) is 25.4 Å². The molecule has 132 valence electrons. The second kappa shape index (κ2) is 6.94. The maximum absolute atomic E-state index is 12.8. The highest BCUT2D eigenvalue weighted by Gasteiger charge is 2.48. The third-order valence-electron chi connectivity index (χ3n) is 5.08. The zero-order valence-electron chi connectivity index (χ0n) is 14.0. The average Bonchev–Trinajstić information content (AvgIpc) is 2.96. The largest absolute Gasteiger partial charge is 0.490 e. The van der Waals surface area contributed by atoms with Gasteiger partial charge in [-0.2, -0.15) is 0 Å². The number of carbonyl (C=O) groups excluding carboxylic acids is 1. The van der Waals surface area contributed by atoms with Crippen LogP contribution in [0.25, 0.3) is 0 Å². The number of carbonyl (C=O) groups is 1. The van der Waals surface area contributed by atoms with Gasteiger partial charge in [-0.1, -0.05) is 0 Å². The van der Waals surface area contributed by atoms with Crippen LogP contribution in [0, 0.1) is 5.41 Å². The molecule has 0 unspecified atom stereocenters. The van der Waals surface area contributed by atoms with Gasteiger partial charge < -0.3 is 19.2 Å². The third kappa shape index (κ3) is 3.18. The fourth-order valence-corrected chi connectivity index (χ4v) is 3.85. The molecule has 1 atom stereocenters. The van der Waals surface area contributed by atoms with Crippen molar-refractivity contribution in [2.24, 2.45) is 5.41 Å². The van der Waals surface area contributed by atoms with Crippen molar-refractivity contribution in [2.45, 2.75) is 25.8 Å². The molecule has 1 N–H and O–H groups in total. The Hall–Kier alpha value is -1.86. The second-order valence-electron chi connectivity index (χ2n) is 6.64. The molecule has 1 spiro atoms. The zero-order chi connectivity index (χ0) is 17.2. The van der Waals surface area contributed by atoms with Crippen LogP contribution in [0.2, 0.25) is 0 Å². The summed E-state index contributed by atoms with van der Waals surface area (Å²) >= 11 is 0. The molecule has 7 nitrogen and oxygen atoms in total. The third-order valence-corrected chi connectivity index (χ3v) is 5.08. The summed E-state index contributed by atoms with van der Waals surface area (Å²) in [7, 11) is 1.43. The molecular weight excluding hydrogens is 312 g/mol. The first-order valence-electron chi connectivity index (χ1n) is 8.36. The number of ether oxygens (including phenoxy) is 1. The molecule has 1 amide bonds. The normalized spacial score (nSPS) is 24.8. The van der Waals surface area contributed by atoms with E-state index in [-0.39, 0.29) is 29.1 Å². The van der Waals surface area contributed by atoms with Crippen molar-refractivity contribution in [2.75, 3.05) is 39.9 Å². The Kier molecular flexibility index (Phi) is 4.91. The van der Waals surface area contributed by atoms with E-state index < -0.39 is 0 Å². The number of piperidine rings is 1. The van der Waals surface area contributed by atoms with Crippen LogP contribution in [0.15, 0.2) is 21.5 Å². The van der Waals surface area contributed by atoms with Crippen molar-refractivity contribution >= 4 is 5.91 Å². The molecule has 2 saturated heterocycles. The summed E-state index contributed by atoms with van der Waals surface area (Å²) in [6, 6.07) is 1.45. The van der Waals surface area contributed by atoms with Gasteiger partial charge in [0.15, 0.2) is 0 Å². The highest BCUT2D eigenvalue weighted by Crippen LogP contribution is 2.40. The number of aliphatic hydroxyl groups excluding tert-OH is 1. The van der Waals surface area contributed by atoms with Crippen molar-refractivity contribution < 1.29 is 19.1 Å². The van der Waals surface area contributed by atoms with E-state index in [1.807, 2.05) is 0 Å². The van der Waals surface area contributed by atoms with E-state index in [1.54, 1.807) is 4.90 Å². The van der Waals surface area contributed by atoms with Crippen LogP contribution in [-0.2, 0) is 11.3 Å². The van der Waals surface area contributed by atoms with Gasteiger partial charge in [0.05, 0.1) is 25.7 Å². The van der Waals surface area contributed by atoms with Crippen LogP contribution in [-0.4, -0.2) is 60.7 Å². The Labute approximate surface area is 140 Å². The lowest BCUT2D eigenvalue weighted by Gasteiger charge is -2.39. The number of hydrogen-bond acceptors (Lipinski definition) is 6. The van der Waals surface area contributed by atoms with E-state index in [0.717, 1.165) is 32.4 Å². The highest BCUT2D eigenvalue weighted by atomic mass is 16.5. The van der Waals surface area contributed by atoms with Crippen LogP contribution < -0.4 is 10.2 Å². The molecule has 7 heteroatoms. The molecule has 0 aliphatic carbocycles. The molecule has 2 aliphatic rings. The van der Waals surface area contributed by atoms with Crippen molar-refractivity contribution in [1.82, 2.24) is 9.80 Å². The summed E-state index contributed by atoms with van der Waals surface area (Å²) in [5.41, 5.74) is -0.546. The molecule has 1 aromatic heterocycles. The summed E-state index contributed by atoms with van der Waals surface area (Å²) in [4.78, 5) is 28.5. The number of amides is 1. The van der Waals surface area contributed by atoms with E-state index in [4.69, 9.17) is 14.3 Å². The fraction of sp³-hybridized carbons (Fsp3) is 0.647. The van der Waals surface area contributed by atoms with Crippen molar-refractivity contribution in [1.29, 1.82) is 0 Å². The van der Waals surface area contributed by atoms with Gasteiger partial charge in [0.2, 0.25) is 17.1 Å². The lowest BCUT2D eigenvalue weighted by Crippen LogP contribution is -2.50. The van der Waals surface area contributed by atoms with Gasteiger partial charge in [0.1, 0.15) is 12.0 Å². The number of rotatable bonds is 5. The summed E-state index contributed by atoms with van der Waals surface area (Å²) in [5.74, 6) is 0.925. The summed E-state index contributed by atoms with van der Waals surface area (Å²) in [6.07, 6.45) is 4.00. The van der Waals surface area contributed by atoms with Gasteiger partial charge in [0.25, 0.3) is 0 Å². The van der Waals surface area contributed by atoms with Crippen LogP contribution in [0.3, 0.4) is 0 Å².